The van der Waals surface area contributed by atoms with E-state index in [0.29, 0.717) is 56.7 Å². The van der Waals surface area contributed by atoms with Crippen molar-refractivity contribution in [2.24, 2.45) is 5.41 Å². The maximum Gasteiger partial charge on any atom is 0.213 e. The topological polar surface area (TPSA) is 154 Å². The molecule has 0 spiro atoms. The summed E-state index contributed by atoms with van der Waals surface area (Å²) >= 11 is 0. The van der Waals surface area contributed by atoms with Gasteiger partial charge in [0.05, 0.1) is 13.2 Å². The molecule has 0 saturated carbocycles. The summed E-state index contributed by atoms with van der Waals surface area (Å²) in [6.45, 7) is 8.54. The number of nitrogen functional groups attached to an aromatic ring is 1. The highest BCUT2D eigenvalue weighted by atomic mass is 32.2. The molecule has 0 aliphatic rings. The Kier molecular flexibility index (Phi) is 9.32. The van der Waals surface area contributed by atoms with E-state index in [-0.39, 0.29) is 5.41 Å². The number of tetrazole rings is 1. The van der Waals surface area contributed by atoms with Gasteiger partial charge in [-0.2, -0.15) is 4.80 Å². The second-order valence-corrected chi connectivity index (χ2v) is 9.83. The molecular weight excluding hydrogens is 470 g/mol. The predicted molar refractivity (Wildman–Crippen MR) is 134 cm³/mol. The normalized spacial score (nSPS) is 11.8. The monoisotopic (exact) mass is 503 g/mol. The van der Waals surface area contributed by atoms with Crippen LogP contribution in [0.15, 0.2) is 36.7 Å². The van der Waals surface area contributed by atoms with Gasteiger partial charge in [0.2, 0.25) is 22.6 Å². The molecule has 35 heavy (non-hydrogen) atoms. The quantitative estimate of drug-likeness (QED) is 0.278. The first-order chi connectivity index (χ1) is 16.8. The number of rotatable bonds is 14. The van der Waals surface area contributed by atoms with Crippen molar-refractivity contribution in [3.05, 3.63) is 36.7 Å². The molecule has 3 rings (SSSR count). The second-order valence-electron chi connectivity index (χ2n) is 8.79. The zero-order valence-electron chi connectivity index (χ0n) is 20.3. The van der Waals surface area contributed by atoms with Crippen LogP contribution in [0.5, 0.6) is 5.88 Å². The highest BCUT2D eigenvalue weighted by Gasteiger charge is 2.20. The Morgan fingerprint density at radius 2 is 2.00 bits per heavy atom. The third-order valence-electron chi connectivity index (χ3n) is 5.52. The molecule has 3 N–H and O–H groups in total. The van der Waals surface area contributed by atoms with E-state index < -0.39 is 10.9 Å². The van der Waals surface area contributed by atoms with E-state index >= 15 is 0 Å². The predicted octanol–water partition coefficient (Wildman–Crippen LogP) is 1.86. The van der Waals surface area contributed by atoms with Crippen molar-refractivity contribution in [3.8, 4) is 17.3 Å². The average Bonchev–Trinajstić information content (AvgIpc) is 3.31. The molecule has 3 heterocycles. The Hall–Kier alpha value is -3.32. The Balaban J connectivity index is 1.41. The summed E-state index contributed by atoms with van der Waals surface area (Å²) in [6, 6.07) is 7.13. The lowest BCUT2D eigenvalue weighted by Gasteiger charge is -2.27. The van der Waals surface area contributed by atoms with Crippen molar-refractivity contribution in [1.29, 1.82) is 0 Å². The summed E-state index contributed by atoms with van der Waals surface area (Å²) in [6.07, 6.45) is 4.72. The molecule has 0 unspecified atom stereocenters. The van der Waals surface area contributed by atoms with Crippen molar-refractivity contribution in [1.82, 2.24) is 34.5 Å². The largest absolute Gasteiger partial charge is 0.478 e. The number of thiol groups is 1. The van der Waals surface area contributed by atoms with Crippen LogP contribution in [-0.2, 0) is 17.4 Å². The molecule has 0 aliphatic carbocycles. The molecule has 3 aromatic heterocycles. The number of aromatic nitrogens is 6. The molecule has 0 saturated heterocycles. The van der Waals surface area contributed by atoms with Gasteiger partial charge in [0.1, 0.15) is 5.82 Å². The fraction of sp³-hybridized carbons (Fsp3) is 0.500. The third-order valence-corrected chi connectivity index (χ3v) is 6.38. The molecule has 0 fully saturated rings. The van der Waals surface area contributed by atoms with Crippen LogP contribution < -0.4 is 15.8 Å². The zero-order valence-corrected chi connectivity index (χ0v) is 21.2. The van der Waals surface area contributed by atoms with Gasteiger partial charge in [-0.15, -0.1) is 10.2 Å². The van der Waals surface area contributed by atoms with Crippen LogP contribution in [0, 0.1) is 5.41 Å². The van der Waals surface area contributed by atoms with E-state index in [4.69, 9.17) is 10.5 Å². The fourth-order valence-corrected chi connectivity index (χ4v) is 3.77. The molecule has 190 valence electrons. The highest BCUT2D eigenvalue weighted by molar-refractivity contribution is 7.69. The van der Waals surface area contributed by atoms with E-state index in [1.807, 2.05) is 13.0 Å². The standard InChI is InChI=1S/C22H33N9O3S/c1-4-31-28-21(27-29-31)17-5-6-20(26-16-17)34-14-9-22(2,3)8-12-30(35(32)33)13-11-24-18-7-10-25-19(23)15-18/h5-7,10,15-16,35H,4,8-9,11-14H2,1-3H3,(H3,23,24,25). The lowest BCUT2D eigenvalue weighted by atomic mass is 9.86. The number of anilines is 2. The average molecular weight is 504 g/mol. The van der Waals surface area contributed by atoms with Gasteiger partial charge in [0, 0.05) is 55.4 Å². The zero-order chi connectivity index (χ0) is 25.3. The minimum atomic E-state index is -2.68. The summed E-state index contributed by atoms with van der Waals surface area (Å²) < 4.78 is 30.7. The van der Waals surface area contributed by atoms with Crippen LogP contribution in [0.4, 0.5) is 11.5 Å². The number of hydrogen-bond acceptors (Lipinski definition) is 10. The fourth-order valence-electron chi connectivity index (χ4n) is 3.24. The van der Waals surface area contributed by atoms with Gasteiger partial charge in [-0.3, -0.25) is 0 Å². The third kappa shape index (κ3) is 8.44. The van der Waals surface area contributed by atoms with Gasteiger partial charge < -0.3 is 15.8 Å². The van der Waals surface area contributed by atoms with Crippen LogP contribution in [-0.4, -0.2) is 69.1 Å². The first-order valence-corrected chi connectivity index (χ1v) is 12.6. The molecule has 13 heteroatoms. The van der Waals surface area contributed by atoms with Crippen molar-refractivity contribution < 1.29 is 13.2 Å². The summed E-state index contributed by atoms with van der Waals surface area (Å²) in [5.74, 6) is 1.45. The summed E-state index contributed by atoms with van der Waals surface area (Å²) in [5.41, 5.74) is 7.13. The van der Waals surface area contributed by atoms with Crippen LogP contribution in [0.25, 0.3) is 11.4 Å². The molecule has 0 aromatic carbocycles. The van der Waals surface area contributed by atoms with E-state index in [1.165, 1.54) is 9.10 Å². The molecule has 0 atom stereocenters. The van der Waals surface area contributed by atoms with E-state index in [2.05, 4.69) is 44.5 Å². The Bertz CT molecular complexity index is 1140. The smallest absolute Gasteiger partial charge is 0.213 e. The second kappa shape index (κ2) is 12.4. The van der Waals surface area contributed by atoms with Gasteiger partial charge in [0.25, 0.3) is 0 Å². The van der Waals surface area contributed by atoms with E-state index in [1.54, 1.807) is 30.6 Å². The molecule has 0 amide bonds. The summed E-state index contributed by atoms with van der Waals surface area (Å²) in [4.78, 5) is 9.78. The number of hydrogen-bond donors (Lipinski definition) is 3. The van der Waals surface area contributed by atoms with Crippen molar-refractivity contribution in [3.63, 3.8) is 0 Å². The maximum atomic E-state index is 11.7. The van der Waals surface area contributed by atoms with E-state index in [9.17, 15) is 8.42 Å². The molecule has 3 aromatic rings. The van der Waals surface area contributed by atoms with Crippen LogP contribution in [0.1, 0.15) is 33.6 Å². The molecule has 0 radical (unpaired) electrons. The summed E-state index contributed by atoms with van der Waals surface area (Å²) in [5, 5.41) is 15.4. The molecule has 12 nitrogen and oxygen atoms in total. The van der Waals surface area contributed by atoms with Crippen LogP contribution in [0.3, 0.4) is 0 Å². The van der Waals surface area contributed by atoms with Gasteiger partial charge in [-0.25, -0.2) is 22.7 Å². The Morgan fingerprint density at radius 1 is 1.17 bits per heavy atom. The van der Waals surface area contributed by atoms with Crippen molar-refractivity contribution >= 4 is 22.4 Å². The first kappa shape index (κ1) is 26.3. The molecule has 0 aliphatic heterocycles. The van der Waals surface area contributed by atoms with Crippen LogP contribution in [0.2, 0.25) is 0 Å². The molecular formula is C22H33N9O3S. The summed E-state index contributed by atoms with van der Waals surface area (Å²) in [7, 11) is -2.68. The van der Waals surface area contributed by atoms with Gasteiger partial charge in [-0.1, -0.05) is 13.8 Å². The lowest BCUT2D eigenvalue weighted by Crippen LogP contribution is -2.31. The highest BCUT2D eigenvalue weighted by Crippen LogP contribution is 2.26. The Morgan fingerprint density at radius 3 is 2.66 bits per heavy atom. The van der Waals surface area contributed by atoms with Gasteiger partial charge in [-0.05, 0) is 42.5 Å². The number of pyridine rings is 2. The first-order valence-electron chi connectivity index (χ1n) is 11.5. The van der Waals surface area contributed by atoms with Crippen molar-refractivity contribution in [2.45, 2.75) is 40.2 Å². The Labute approximate surface area is 207 Å². The van der Waals surface area contributed by atoms with Gasteiger partial charge in [0.15, 0.2) is 0 Å². The van der Waals surface area contributed by atoms with Crippen molar-refractivity contribution in [2.75, 3.05) is 37.3 Å². The maximum absolute atomic E-state index is 11.7. The van der Waals surface area contributed by atoms with Crippen LogP contribution >= 0.6 is 0 Å². The number of nitrogens with one attached hydrogen (secondary N) is 1. The molecule has 0 bridgehead atoms. The number of aryl methyl sites for hydroxylation is 1. The van der Waals surface area contributed by atoms with Gasteiger partial charge >= 0.3 is 0 Å². The number of ether oxygens (including phenoxy) is 1. The lowest BCUT2D eigenvalue weighted by molar-refractivity contribution is 0.202. The minimum absolute atomic E-state index is 0.112. The minimum Gasteiger partial charge on any atom is -0.478 e. The van der Waals surface area contributed by atoms with E-state index in [0.717, 1.165) is 17.7 Å². The SMILES string of the molecule is CCn1nnc(-c2ccc(OCCC(C)(C)CCN(CCNc3ccnc(N)c3)[SH](=O)=O)nc2)n1. The number of nitrogens with two attached hydrogens (primary N) is 1. The number of nitrogens with zero attached hydrogens (tertiary/aromatic N) is 7.